The van der Waals surface area contributed by atoms with E-state index in [1.165, 1.54) is 18.7 Å². The van der Waals surface area contributed by atoms with Crippen LogP contribution in [-0.2, 0) is 44.8 Å². The molecule has 0 spiro atoms. The van der Waals surface area contributed by atoms with E-state index < -0.39 is 103 Å². The molecule has 2 heterocycles. The summed E-state index contributed by atoms with van der Waals surface area (Å²) < 4.78 is 0. The number of guanidine groups is 1. The number of nitrogens with two attached hydrogens (primary N) is 2. The summed E-state index contributed by atoms with van der Waals surface area (Å²) in [5.74, 6) is -7.67. The smallest absolute Gasteiger partial charge is 0.326 e. The number of aliphatic carboxylic acids is 2. The Morgan fingerprint density at radius 2 is 1.63 bits per heavy atom. The molecule has 60 heavy (non-hydrogen) atoms. The highest BCUT2D eigenvalue weighted by Crippen LogP contribution is 2.21. The number of likely N-dealkylation sites (tertiary alicyclic amines) is 1. The van der Waals surface area contributed by atoms with Crippen LogP contribution in [0.5, 0.6) is 0 Å². The molecule has 1 fully saturated rings. The van der Waals surface area contributed by atoms with Gasteiger partial charge in [-0.25, -0.2) is 4.79 Å². The second kappa shape index (κ2) is 23.6. The lowest BCUT2D eigenvalue weighted by Gasteiger charge is -2.31. The molecule has 1 aromatic heterocycles. The zero-order valence-electron chi connectivity index (χ0n) is 33.3. The molecule has 6 amide bonds. The normalized spacial score (nSPS) is 16.6. The molecule has 0 saturated carbocycles. The van der Waals surface area contributed by atoms with Gasteiger partial charge in [-0.2, -0.15) is 11.8 Å². The lowest BCUT2D eigenvalue weighted by molar-refractivity contribution is -0.144. The number of benzene rings is 1. The van der Waals surface area contributed by atoms with Crippen LogP contribution in [0.15, 0.2) is 30.5 Å². The predicted molar refractivity (Wildman–Crippen MR) is 219 cm³/mol. The van der Waals surface area contributed by atoms with E-state index >= 15 is 0 Å². The van der Waals surface area contributed by atoms with Crippen LogP contribution in [0.4, 0.5) is 0 Å². The highest BCUT2D eigenvalue weighted by atomic mass is 32.2. The third-order valence-electron chi connectivity index (χ3n) is 9.64. The topological polar surface area (TPSA) is 364 Å². The van der Waals surface area contributed by atoms with Crippen molar-refractivity contribution in [2.45, 2.75) is 94.2 Å². The van der Waals surface area contributed by atoms with Gasteiger partial charge >= 0.3 is 11.9 Å². The molecule has 3 rings (SSSR count). The number of aliphatic hydroxyl groups is 1. The van der Waals surface area contributed by atoms with Crippen molar-refractivity contribution in [2.24, 2.45) is 11.5 Å². The monoisotopic (exact) mass is 861 g/mol. The number of fused-ring (bicyclic) bond motifs is 1. The maximum atomic E-state index is 14.1. The summed E-state index contributed by atoms with van der Waals surface area (Å²) in [6, 6.07) is -1.21. The number of rotatable bonds is 24. The molecule has 1 aliphatic rings. The van der Waals surface area contributed by atoms with Crippen molar-refractivity contribution >= 4 is 76.0 Å². The number of aliphatic hydroxyl groups excluding tert-OH is 1. The second-order valence-electron chi connectivity index (χ2n) is 14.2. The number of carbonyl (C=O) groups is 8. The molecule has 23 heteroatoms. The molecule has 0 radical (unpaired) electrons. The van der Waals surface area contributed by atoms with E-state index in [0.717, 1.165) is 4.90 Å². The fraction of sp³-hybridized carbons (Fsp3) is 0.541. The van der Waals surface area contributed by atoms with Gasteiger partial charge in [-0.15, -0.1) is 0 Å². The first-order valence-corrected chi connectivity index (χ1v) is 20.6. The van der Waals surface area contributed by atoms with Crippen LogP contribution < -0.4 is 43.4 Å². The molecule has 1 aromatic carbocycles. The number of aromatic amines is 1. The van der Waals surface area contributed by atoms with Gasteiger partial charge in [0.05, 0.1) is 25.1 Å². The molecular weight excluding hydrogens is 807 g/mol. The number of nitrogens with one attached hydrogen (secondary N) is 8. The predicted octanol–water partition coefficient (Wildman–Crippen LogP) is -2.96. The van der Waals surface area contributed by atoms with Crippen molar-refractivity contribution in [3.05, 3.63) is 36.0 Å². The number of H-pyrrole nitrogens is 1. The molecule has 2 aromatic rings. The van der Waals surface area contributed by atoms with E-state index in [4.69, 9.17) is 16.9 Å². The Morgan fingerprint density at radius 3 is 2.28 bits per heavy atom. The third-order valence-corrected chi connectivity index (χ3v) is 10.3. The average molecular weight is 862 g/mol. The van der Waals surface area contributed by atoms with E-state index in [2.05, 4.69) is 36.9 Å². The summed E-state index contributed by atoms with van der Waals surface area (Å²) >= 11 is 1.40. The Bertz CT molecular complexity index is 1880. The minimum Gasteiger partial charge on any atom is -0.481 e. The average Bonchev–Trinajstić information content (AvgIpc) is 3.85. The summed E-state index contributed by atoms with van der Waals surface area (Å²) in [5, 5.41) is 52.3. The number of carbonyl (C=O) groups excluding carboxylic acids is 6. The van der Waals surface area contributed by atoms with Crippen molar-refractivity contribution in [1.82, 2.24) is 41.8 Å². The van der Waals surface area contributed by atoms with Gasteiger partial charge in [0.25, 0.3) is 0 Å². The zero-order valence-corrected chi connectivity index (χ0v) is 34.1. The Morgan fingerprint density at radius 1 is 0.950 bits per heavy atom. The maximum absolute atomic E-state index is 14.1. The molecule has 1 aliphatic heterocycles. The lowest BCUT2D eigenvalue weighted by Crippen LogP contribution is -2.61. The zero-order chi connectivity index (χ0) is 44.5. The van der Waals surface area contributed by atoms with Crippen LogP contribution in [0.25, 0.3) is 10.9 Å². The maximum Gasteiger partial charge on any atom is 0.326 e. The fourth-order valence-electron chi connectivity index (χ4n) is 6.49. The van der Waals surface area contributed by atoms with Crippen LogP contribution in [-0.4, -0.2) is 153 Å². The van der Waals surface area contributed by atoms with E-state index in [9.17, 15) is 53.7 Å². The first-order chi connectivity index (χ1) is 28.4. The highest BCUT2D eigenvalue weighted by molar-refractivity contribution is 7.98. The van der Waals surface area contributed by atoms with Crippen LogP contribution in [0, 0.1) is 5.41 Å². The lowest BCUT2D eigenvalue weighted by atomic mass is 10.0. The summed E-state index contributed by atoms with van der Waals surface area (Å²) in [7, 11) is 0. The molecule has 0 bridgehead atoms. The standard InChI is InChI=1S/C37H55N11O11S/c1-19(49)30(35(57)48-13-6-10-27(48)34(56)43-18-28(50)44-24(36(58)59)11-14-60-2)47-33(55)25(15-20-17-42-23-9-4-3-7-21(20)23)46-32(54)26(16-29(51)52)45-31(53)22(38)8-5-12-41-37(39)40/h3-4,7,9,17,19,22,24-27,30,42,49H,5-6,8,10-16,18,38H2,1-2H3,(H,43,56)(H,44,50)(H,45,53)(H,46,54)(H,47,55)(H,51,52)(H,58,59)(H4,39,40,41)/t19-,22+,24+,25+,26+,27+,30+/m1/s1. The summed E-state index contributed by atoms with van der Waals surface area (Å²) in [6.45, 7) is 0.953. The molecule has 0 unspecified atom stereocenters. The number of hydrogen-bond acceptors (Lipinski definition) is 12. The van der Waals surface area contributed by atoms with Crippen molar-refractivity contribution in [1.29, 1.82) is 5.41 Å². The molecular formula is C37H55N11O11S. The number of carboxylic acids is 2. The first-order valence-electron chi connectivity index (χ1n) is 19.2. The van der Waals surface area contributed by atoms with Crippen molar-refractivity contribution in [3.8, 4) is 0 Å². The Balaban J connectivity index is 1.80. The largest absolute Gasteiger partial charge is 0.481 e. The minimum atomic E-state index is -1.69. The number of para-hydroxylation sites is 1. The van der Waals surface area contributed by atoms with Gasteiger partial charge in [0, 0.05) is 36.6 Å². The van der Waals surface area contributed by atoms with E-state index in [0.29, 0.717) is 35.1 Å². The van der Waals surface area contributed by atoms with Gasteiger partial charge in [0.2, 0.25) is 35.4 Å². The number of thioether (sulfide) groups is 1. The summed E-state index contributed by atoms with van der Waals surface area (Å²) in [5.41, 5.74) is 12.5. The fourth-order valence-corrected chi connectivity index (χ4v) is 6.96. The van der Waals surface area contributed by atoms with Gasteiger partial charge in [-0.05, 0) is 62.7 Å². The molecule has 15 N–H and O–H groups in total. The van der Waals surface area contributed by atoms with Gasteiger partial charge in [-0.3, -0.25) is 39.0 Å². The Kier molecular flexibility index (Phi) is 19.0. The Hall–Kier alpha value is -5.94. The quantitative estimate of drug-likeness (QED) is 0.0285. The molecule has 1 saturated heterocycles. The van der Waals surface area contributed by atoms with E-state index in [-0.39, 0.29) is 44.7 Å². The van der Waals surface area contributed by atoms with Crippen molar-refractivity contribution in [2.75, 3.05) is 31.6 Å². The molecule has 22 nitrogen and oxygen atoms in total. The molecule has 330 valence electrons. The molecule has 0 aliphatic carbocycles. The minimum absolute atomic E-state index is 0.0550. The van der Waals surface area contributed by atoms with Gasteiger partial charge in [0.15, 0.2) is 5.96 Å². The van der Waals surface area contributed by atoms with Gasteiger partial charge < -0.3 is 68.6 Å². The number of carboxylic acid groups (broad SMARTS) is 2. The number of aromatic nitrogens is 1. The number of hydrogen-bond donors (Lipinski definition) is 13. The van der Waals surface area contributed by atoms with Gasteiger partial charge in [-0.1, -0.05) is 18.2 Å². The van der Waals surface area contributed by atoms with Crippen LogP contribution in [0.2, 0.25) is 0 Å². The van der Waals surface area contributed by atoms with Crippen molar-refractivity contribution < 1.29 is 53.7 Å². The van der Waals surface area contributed by atoms with Crippen LogP contribution in [0.1, 0.15) is 51.0 Å². The SMILES string of the molecule is CSCC[C@H](NC(=O)CNC(=O)[C@@H]1CCCN1C(=O)[C@@H](NC(=O)[C@H](Cc1c[nH]c2ccccc12)NC(=O)[C@H](CC(=O)O)NC(=O)[C@@H](N)CCCNC(=N)N)[C@@H](C)O)C(=O)O. The number of amides is 6. The number of nitrogens with zero attached hydrogens (tertiary/aromatic N) is 1. The first kappa shape index (κ1) is 48.4. The highest BCUT2D eigenvalue weighted by Gasteiger charge is 2.40. The third kappa shape index (κ3) is 14.7. The molecule has 7 atom stereocenters. The van der Waals surface area contributed by atoms with Gasteiger partial charge in [0.1, 0.15) is 30.2 Å². The summed E-state index contributed by atoms with van der Waals surface area (Å²) in [6.07, 6.45) is 1.89. The van der Waals surface area contributed by atoms with Crippen LogP contribution >= 0.6 is 11.8 Å². The second-order valence-corrected chi connectivity index (χ2v) is 15.2. The Labute approximate surface area is 349 Å². The van der Waals surface area contributed by atoms with E-state index in [1.54, 1.807) is 36.7 Å². The summed E-state index contributed by atoms with van der Waals surface area (Å²) in [4.78, 5) is 108. The van der Waals surface area contributed by atoms with Crippen LogP contribution in [0.3, 0.4) is 0 Å². The van der Waals surface area contributed by atoms with E-state index in [1.807, 2.05) is 0 Å². The van der Waals surface area contributed by atoms with Crippen molar-refractivity contribution in [3.63, 3.8) is 0 Å².